The average molecular weight is 341 g/mol. The Hall–Kier alpha value is 0.115. The van der Waals surface area contributed by atoms with Crippen molar-refractivity contribution >= 4 is 17.6 Å². The van der Waals surface area contributed by atoms with Crippen LogP contribution < -0.4 is 3.07 Å². The number of rotatable bonds is 2. The topological polar surface area (TPSA) is 17.1 Å². The van der Waals surface area contributed by atoms with Crippen LogP contribution in [-0.2, 0) is 23.3 Å². The predicted molar refractivity (Wildman–Crippen MR) is 37.3 cm³/mol. The number of carbonyl (C=O) groups excluding carboxylic acids is 1. The molecule has 0 aromatic heterocycles. The van der Waals surface area contributed by atoms with Crippen LogP contribution in [0.2, 0.25) is 0 Å². The van der Waals surface area contributed by atoms with Gasteiger partial charge in [0.05, 0.1) is 0 Å². The Kier molecular flexibility index (Phi) is 3.36. The van der Waals surface area contributed by atoms with Gasteiger partial charge in [-0.25, -0.2) is 0 Å². The summed E-state index contributed by atoms with van der Waals surface area (Å²) in [6, 6.07) is 7.53. The molecule has 0 spiro atoms. The summed E-state index contributed by atoms with van der Waals surface area (Å²) in [6.45, 7) is 0. The summed E-state index contributed by atoms with van der Waals surface area (Å²) in [7, 11) is 5.76. The fraction of sp³-hybridized carbons (Fsp3) is 0. The summed E-state index contributed by atoms with van der Waals surface area (Å²) in [4.78, 5) is 10.3. The standard InChI is InChI=1S/C7H5O.ClH.Hg/c8-6-7-4-2-1-3-5-7;;/h1-2,4-6H;1H;/q;;+1/p-1. The number of halogens is 1. The van der Waals surface area contributed by atoms with Crippen LogP contribution in [0.3, 0.4) is 0 Å². The van der Waals surface area contributed by atoms with E-state index in [4.69, 9.17) is 8.25 Å². The van der Waals surface area contributed by atoms with Gasteiger partial charge in [-0.2, -0.15) is 0 Å². The van der Waals surface area contributed by atoms with Gasteiger partial charge in [0.1, 0.15) is 0 Å². The van der Waals surface area contributed by atoms with E-state index in [9.17, 15) is 4.79 Å². The molecule has 0 atom stereocenters. The summed E-state index contributed by atoms with van der Waals surface area (Å²) < 4.78 is 1.20. The van der Waals surface area contributed by atoms with Crippen molar-refractivity contribution in [3.05, 3.63) is 29.8 Å². The molecular weight excluding hydrogens is 336 g/mol. The Balaban J connectivity index is 2.98. The molecule has 1 rings (SSSR count). The molecule has 1 nitrogen and oxygen atoms in total. The van der Waals surface area contributed by atoms with Crippen LogP contribution in [0, 0.1) is 0 Å². The SMILES string of the molecule is O=Cc1ccc[c]([Hg][Cl])c1. The van der Waals surface area contributed by atoms with Gasteiger partial charge in [-0.3, -0.25) is 0 Å². The molecule has 0 fully saturated rings. The fourth-order valence-electron chi connectivity index (χ4n) is 0.750. The van der Waals surface area contributed by atoms with Gasteiger partial charge >= 0.3 is 75.6 Å². The Morgan fingerprint density at radius 1 is 1.50 bits per heavy atom. The predicted octanol–water partition coefficient (Wildman–Crippen LogP) is 1.36. The fourth-order valence-corrected chi connectivity index (χ4v) is 4.30. The van der Waals surface area contributed by atoms with E-state index in [1.165, 1.54) is 3.07 Å². The Bertz CT molecular complexity index is 237. The molecule has 0 aliphatic rings. The van der Waals surface area contributed by atoms with E-state index < -0.39 is 23.3 Å². The second-order valence-electron chi connectivity index (χ2n) is 2.00. The molecule has 0 unspecified atom stereocenters. The van der Waals surface area contributed by atoms with E-state index >= 15 is 0 Å². The number of carbonyl (C=O) groups is 1. The third-order valence-corrected chi connectivity index (χ3v) is 6.86. The normalized spacial score (nSPS) is 8.50. The van der Waals surface area contributed by atoms with Crippen LogP contribution in [0.15, 0.2) is 24.3 Å². The van der Waals surface area contributed by atoms with Crippen molar-refractivity contribution < 1.29 is 28.1 Å². The minimum absolute atomic E-state index is 0.734. The van der Waals surface area contributed by atoms with Gasteiger partial charge in [0.2, 0.25) is 0 Å². The van der Waals surface area contributed by atoms with Crippen LogP contribution in [0.4, 0.5) is 0 Å². The van der Waals surface area contributed by atoms with Crippen LogP contribution in [0.25, 0.3) is 0 Å². The van der Waals surface area contributed by atoms with Crippen molar-refractivity contribution in [2.45, 2.75) is 0 Å². The molecule has 0 saturated carbocycles. The van der Waals surface area contributed by atoms with Crippen LogP contribution >= 0.6 is 8.25 Å². The number of hydrogen-bond donors (Lipinski definition) is 0. The second kappa shape index (κ2) is 4.09. The van der Waals surface area contributed by atoms with Crippen LogP contribution in [-0.4, -0.2) is 6.29 Å². The quantitative estimate of drug-likeness (QED) is 0.587. The van der Waals surface area contributed by atoms with Crippen molar-refractivity contribution in [2.75, 3.05) is 0 Å². The molecule has 48 valence electrons. The van der Waals surface area contributed by atoms with Crippen molar-refractivity contribution in [3.63, 3.8) is 0 Å². The van der Waals surface area contributed by atoms with Crippen molar-refractivity contribution in [1.82, 2.24) is 0 Å². The molecule has 1 aromatic carbocycles. The van der Waals surface area contributed by atoms with Gasteiger partial charge in [0.25, 0.3) is 0 Å². The first kappa shape index (κ1) is 8.21. The van der Waals surface area contributed by atoms with Crippen molar-refractivity contribution in [2.24, 2.45) is 0 Å². The molecule has 0 saturated heterocycles. The summed E-state index contributed by atoms with van der Waals surface area (Å²) in [5, 5.41) is 0. The van der Waals surface area contributed by atoms with E-state index in [1.807, 2.05) is 18.2 Å². The first-order valence-electron chi connectivity index (χ1n) is 2.97. The van der Waals surface area contributed by atoms with Crippen LogP contribution in [0.5, 0.6) is 0 Å². The van der Waals surface area contributed by atoms with Gasteiger partial charge in [-0.1, -0.05) is 0 Å². The summed E-state index contributed by atoms with van der Waals surface area (Å²) in [5.41, 5.74) is 0.734. The second-order valence-corrected chi connectivity index (χ2v) is 8.55. The third-order valence-electron chi connectivity index (χ3n) is 1.24. The van der Waals surface area contributed by atoms with Crippen LogP contribution in [0.1, 0.15) is 10.4 Å². The zero-order chi connectivity index (χ0) is 7.40. The third kappa shape index (κ3) is 2.06. The van der Waals surface area contributed by atoms with Crippen molar-refractivity contribution in [3.8, 4) is 0 Å². The maximum atomic E-state index is 10.3. The number of hydrogen-bond acceptors (Lipinski definition) is 1. The van der Waals surface area contributed by atoms with E-state index in [0.29, 0.717) is 0 Å². The van der Waals surface area contributed by atoms with Gasteiger partial charge in [0, 0.05) is 0 Å². The first-order valence-corrected chi connectivity index (χ1v) is 12.5. The van der Waals surface area contributed by atoms with E-state index in [0.717, 1.165) is 11.8 Å². The Labute approximate surface area is 75.3 Å². The van der Waals surface area contributed by atoms with Gasteiger partial charge < -0.3 is 0 Å². The Morgan fingerprint density at radius 3 is 2.90 bits per heavy atom. The molecular formula is C7H5ClHgO. The maximum absolute atomic E-state index is 10.3. The summed E-state index contributed by atoms with van der Waals surface area (Å²) >= 11 is -1.28. The number of aldehydes is 1. The first-order chi connectivity index (χ1) is 4.86. The minimum atomic E-state index is -1.28. The van der Waals surface area contributed by atoms with E-state index in [1.54, 1.807) is 6.07 Å². The molecule has 0 radical (unpaired) electrons. The molecule has 3 heteroatoms. The molecule has 0 aliphatic heterocycles. The van der Waals surface area contributed by atoms with Crippen molar-refractivity contribution in [1.29, 1.82) is 0 Å². The molecule has 0 N–H and O–H groups in total. The number of benzene rings is 1. The summed E-state index contributed by atoms with van der Waals surface area (Å²) in [6.07, 6.45) is 0.851. The monoisotopic (exact) mass is 342 g/mol. The molecule has 0 amide bonds. The molecule has 0 heterocycles. The summed E-state index contributed by atoms with van der Waals surface area (Å²) in [5.74, 6) is 0. The van der Waals surface area contributed by atoms with Gasteiger partial charge in [-0.15, -0.1) is 0 Å². The van der Waals surface area contributed by atoms with Gasteiger partial charge in [0.15, 0.2) is 0 Å². The zero-order valence-corrected chi connectivity index (χ0v) is 11.6. The van der Waals surface area contributed by atoms with E-state index in [2.05, 4.69) is 0 Å². The van der Waals surface area contributed by atoms with Gasteiger partial charge in [-0.05, 0) is 0 Å². The van der Waals surface area contributed by atoms with E-state index in [-0.39, 0.29) is 0 Å². The molecule has 0 aliphatic carbocycles. The average Bonchev–Trinajstić information content (AvgIpc) is 2.05. The Morgan fingerprint density at radius 2 is 2.30 bits per heavy atom. The molecule has 10 heavy (non-hydrogen) atoms. The molecule has 0 bridgehead atoms. The zero-order valence-electron chi connectivity index (χ0n) is 5.38. The molecule has 1 aromatic rings.